The molecule has 8 heteroatoms. The van der Waals surface area contributed by atoms with Crippen LogP contribution in [0.1, 0.15) is 22.8 Å². The number of esters is 1. The van der Waals surface area contributed by atoms with Crippen molar-refractivity contribution >= 4 is 21.9 Å². The average molecular weight is 338 g/mol. The highest BCUT2D eigenvalue weighted by Gasteiger charge is 2.34. The van der Waals surface area contributed by atoms with E-state index >= 15 is 0 Å². The van der Waals surface area contributed by atoms with Gasteiger partial charge in [-0.25, -0.2) is 4.79 Å². The number of ether oxygens (including phenoxy) is 2. The molecule has 0 heterocycles. The van der Waals surface area contributed by atoms with Crippen LogP contribution >= 0.6 is 15.9 Å². The van der Waals surface area contributed by atoms with E-state index in [9.17, 15) is 18.0 Å². The molecule has 0 radical (unpaired) electrons. The minimum atomic E-state index is -4.98. The smallest absolute Gasteiger partial charge is 0.462 e. The molecule has 1 aromatic rings. The van der Waals surface area contributed by atoms with Gasteiger partial charge in [0.1, 0.15) is 11.3 Å². The zero-order valence-corrected chi connectivity index (χ0v) is 11.1. The largest absolute Gasteiger partial charge is 0.573 e. The maximum absolute atomic E-state index is 12.3. The number of nitriles is 1. The zero-order valence-electron chi connectivity index (χ0n) is 9.55. The number of hydrogen-bond acceptors (Lipinski definition) is 4. The molecular formula is C11H7BrF3NO3. The van der Waals surface area contributed by atoms with Crippen molar-refractivity contribution in [3.05, 3.63) is 27.7 Å². The van der Waals surface area contributed by atoms with Crippen LogP contribution in [0.5, 0.6) is 5.75 Å². The molecule has 0 atom stereocenters. The predicted molar refractivity (Wildman–Crippen MR) is 61.5 cm³/mol. The molecule has 19 heavy (non-hydrogen) atoms. The standard InChI is InChI=1S/C11H7BrF3NO3/c1-2-18-10(17)9-7(12)3-6(5-16)4-8(9)19-11(13,14)15/h3-4H,2H2,1H3. The maximum atomic E-state index is 12.3. The number of carbonyl (C=O) groups excluding carboxylic acids is 1. The van der Waals surface area contributed by atoms with Gasteiger partial charge in [0.2, 0.25) is 0 Å². The summed E-state index contributed by atoms with van der Waals surface area (Å²) in [5.74, 6) is -1.75. The second kappa shape index (κ2) is 5.93. The van der Waals surface area contributed by atoms with Gasteiger partial charge in [0.15, 0.2) is 0 Å². The summed E-state index contributed by atoms with van der Waals surface area (Å²) in [6, 6.07) is 3.69. The fourth-order valence-electron chi connectivity index (χ4n) is 1.25. The van der Waals surface area contributed by atoms with Gasteiger partial charge < -0.3 is 9.47 Å². The lowest BCUT2D eigenvalue weighted by molar-refractivity contribution is -0.274. The fraction of sp³-hybridized carbons (Fsp3) is 0.273. The van der Waals surface area contributed by atoms with Crippen LogP contribution in [0.15, 0.2) is 16.6 Å². The third kappa shape index (κ3) is 4.13. The first-order valence-corrected chi connectivity index (χ1v) is 5.74. The molecule has 0 aromatic heterocycles. The summed E-state index contributed by atoms with van der Waals surface area (Å²) in [6.07, 6.45) is -4.98. The van der Waals surface area contributed by atoms with Crippen LogP contribution in [0.25, 0.3) is 0 Å². The molecule has 1 rings (SSSR count). The third-order valence-electron chi connectivity index (χ3n) is 1.89. The number of benzene rings is 1. The van der Waals surface area contributed by atoms with E-state index in [1.165, 1.54) is 13.0 Å². The van der Waals surface area contributed by atoms with E-state index < -0.39 is 23.6 Å². The lowest BCUT2D eigenvalue weighted by Crippen LogP contribution is -2.20. The second-order valence-corrected chi connectivity index (χ2v) is 4.07. The van der Waals surface area contributed by atoms with E-state index in [0.29, 0.717) is 0 Å². The Balaban J connectivity index is 3.34. The molecule has 0 aliphatic carbocycles. The van der Waals surface area contributed by atoms with Crippen LogP contribution in [0.4, 0.5) is 13.2 Å². The van der Waals surface area contributed by atoms with Crippen molar-refractivity contribution in [3.63, 3.8) is 0 Å². The van der Waals surface area contributed by atoms with Gasteiger partial charge in [-0.1, -0.05) is 0 Å². The summed E-state index contributed by atoms with van der Waals surface area (Å²) in [5.41, 5.74) is -0.502. The highest BCUT2D eigenvalue weighted by molar-refractivity contribution is 9.10. The summed E-state index contributed by atoms with van der Waals surface area (Å²) in [6.45, 7) is 1.51. The van der Waals surface area contributed by atoms with Gasteiger partial charge in [0.05, 0.1) is 18.2 Å². The van der Waals surface area contributed by atoms with Crippen LogP contribution in [-0.2, 0) is 4.74 Å². The molecule has 0 bridgehead atoms. The van der Waals surface area contributed by atoms with E-state index in [0.717, 1.165) is 6.07 Å². The van der Waals surface area contributed by atoms with Gasteiger partial charge in [-0.2, -0.15) is 5.26 Å². The molecule has 0 aliphatic rings. The molecule has 0 unspecified atom stereocenters. The zero-order chi connectivity index (χ0) is 14.6. The lowest BCUT2D eigenvalue weighted by atomic mass is 10.1. The van der Waals surface area contributed by atoms with Crippen molar-refractivity contribution in [2.45, 2.75) is 13.3 Å². The molecular weight excluding hydrogens is 331 g/mol. The first-order chi connectivity index (χ1) is 8.78. The highest BCUT2D eigenvalue weighted by atomic mass is 79.9. The summed E-state index contributed by atoms with van der Waals surface area (Å²) in [4.78, 5) is 11.6. The second-order valence-electron chi connectivity index (χ2n) is 3.21. The van der Waals surface area contributed by atoms with Crippen molar-refractivity contribution in [3.8, 4) is 11.8 Å². The SMILES string of the molecule is CCOC(=O)c1c(Br)cc(C#N)cc1OC(F)(F)F. The maximum Gasteiger partial charge on any atom is 0.573 e. The number of halogens is 4. The molecule has 102 valence electrons. The molecule has 0 aliphatic heterocycles. The molecule has 0 N–H and O–H groups in total. The van der Waals surface area contributed by atoms with Crippen LogP contribution in [-0.4, -0.2) is 18.9 Å². The Kier molecular flexibility index (Phi) is 4.78. The van der Waals surface area contributed by atoms with Gasteiger partial charge >= 0.3 is 12.3 Å². The van der Waals surface area contributed by atoms with E-state index in [1.807, 2.05) is 0 Å². The van der Waals surface area contributed by atoms with Crippen LogP contribution in [0, 0.1) is 11.3 Å². The average Bonchev–Trinajstić information content (AvgIpc) is 2.26. The topological polar surface area (TPSA) is 59.3 Å². The van der Waals surface area contributed by atoms with Crippen molar-refractivity contribution in [1.82, 2.24) is 0 Å². The predicted octanol–water partition coefficient (Wildman–Crippen LogP) is 3.40. The summed E-state index contributed by atoms with van der Waals surface area (Å²) < 4.78 is 45.2. The van der Waals surface area contributed by atoms with E-state index in [4.69, 9.17) is 5.26 Å². The van der Waals surface area contributed by atoms with Crippen molar-refractivity contribution < 1.29 is 27.4 Å². The first kappa shape index (κ1) is 15.3. The number of nitrogens with zero attached hydrogens (tertiary/aromatic N) is 1. The fourth-order valence-corrected chi connectivity index (χ4v) is 1.86. The molecule has 0 saturated carbocycles. The normalized spacial score (nSPS) is 10.7. The third-order valence-corrected chi connectivity index (χ3v) is 2.51. The number of carbonyl (C=O) groups is 1. The Morgan fingerprint density at radius 3 is 2.58 bits per heavy atom. The molecule has 0 saturated heterocycles. The van der Waals surface area contributed by atoms with Gasteiger partial charge in [0, 0.05) is 4.47 Å². The summed E-state index contributed by atoms with van der Waals surface area (Å²) >= 11 is 2.92. The first-order valence-electron chi connectivity index (χ1n) is 4.95. The summed E-state index contributed by atoms with van der Waals surface area (Å²) in [7, 11) is 0. The quantitative estimate of drug-likeness (QED) is 0.793. The number of rotatable bonds is 3. The van der Waals surface area contributed by atoms with Gasteiger partial charge in [-0.3, -0.25) is 0 Å². The Morgan fingerprint density at radius 1 is 1.47 bits per heavy atom. The minimum absolute atomic E-state index is 0.00324. The Labute approximate surface area is 114 Å². The minimum Gasteiger partial charge on any atom is -0.462 e. The highest BCUT2D eigenvalue weighted by Crippen LogP contribution is 2.33. The van der Waals surface area contributed by atoms with Crippen molar-refractivity contribution in [2.75, 3.05) is 6.61 Å². The van der Waals surface area contributed by atoms with Crippen LogP contribution < -0.4 is 4.74 Å². The van der Waals surface area contributed by atoms with Gasteiger partial charge in [-0.15, -0.1) is 13.2 Å². The van der Waals surface area contributed by atoms with E-state index in [2.05, 4.69) is 25.4 Å². The van der Waals surface area contributed by atoms with Crippen LogP contribution in [0.3, 0.4) is 0 Å². The number of alkyl halides is 3. The molecule has 4 nitrogen and oxygen atoms in total. The Morgan fingerprint density at radius 2 is 2.11 bits per heavy atom. The molecule has 0 spiro atoms. The molecule has 0 fully saturated rings. The van der Waals surface area contributed by atoms with Gasteiger partial charge in [-0.05, 0) is 35.0 Å². The van der Waals surface area contributed by atoms with E-state index in [-0.39, 0.29) is 16.6 Å². The van der Waals surface area contributed by atoms with Crippen molar-refractivity contribution in [2.24, 2.45) is 0 Å². The van der Waals surface area contributed by atoms with Crippen LogP contribution in [0.2, 0.25) is 0 Å². The van der Waals surface area contributed by atoms with Crippen molar-refractivity contribution in [1.29, 1.82) is 5.26 Å². The van der Waals surface area contributed by atoms with Gasteiger partial charge in [0.25, 0.3) is 0 Å². The Hall–Kier alpha value is -1.75. The molecule has 1 aromatic carbocycles. The van der Waals surface area contributed by atoms with E-state index in [1.54, 1.807) is 6.07 Å². The molecule has 0 amide bonds. The summed E-state index contributed by atoms with van der Waals surface area (Å²) in [5, 5.41) is 8.69. The lowest BCUT2D eigenvalue weighted by Gasteiger charge is -2.14. The Bertz CT molecular complexity index is 537. The monoisotopic (exact) mass is 337 g/mol. The number of hydrogen-bond donors (Lipinski definition) is 0.